The van der Waals surface area contributed by atoms with Crippen LogP contribution < -0.4 is 0 Å². The Labute approximate surface area is 102 Å². The first-order chi connectivity index (χ1) is 8.31. The molecule has 0 aliphatic carbocycles. The van der Waals surface area contributed by atoms with Crippen molar-refractivity contribution in [1.82, 2.24) is 0 Å². The monoisotopic (exact) mass is 224 g/mol. The molecule has 0 atom stereocenters. The molecule has 0 bridgehead atoms. The van der Waals surface area contributed by atoms with Gasteiger partial charge in [-0.25, -0.2) is 0 Å². The van der Waals surface area contributed by atoms with Gasteiger partial charge in [-0.3, -0.25) is 4.79 Å². The molecule has 0 radical (unpaired) electrons. The standard InChI is InChI=1S/C16H16O/c1-2-14-10-6-7-11-15(14)16(17)12-13-8-4-3-5-9-13/h3-11H,2,12H2,1H3. The van der Waals surface area contributed by atoms with Crippen LogP contribution in [-0.4, -0.2) is 5.78 Å². The summed E-state index contributed by atoms with van der Waals surface area (Å²) in [6.07, 6.45) is 1.38. The summed E-state index contributed by atoms with van der Waals surface area (Å²) in [5.41, 5.74) is 3.07. The molecular formula is C16H16O. The van der Waals surface area contributed by atoms with Crippen LogP contribution in [-0.2, 0) is 12.8 Å². The molecule has 17 heavy (non-hydrogen) atoms. The van der Waals surface area contributed by atoms with Crippen molar-refractivity contribution in [2.45, 2.75) is 19.8 Å². The van der Waals surface area contributed by atoms with E-state index in [0.717, 1.165) is 23.1 Å². The first-order valence-electron chi connectivity index (χ1n) is 5.96. The van der Waals surface area contributed by atoms with Gasteiger partial charge in [0, 0.05) is 12.0 Å². The summed E-state index contributed by atoms with van der Waals surface area (Å²) < 4.78 is 0. The van der Waals surface area contributed by atoms with Gasteiger partial charge in [0.2, 0.25) is 0 Å². The summed E-state index contributed by atoms with van der Waals surface area (Å²) in [6, 6.07) is 17.7. The summed E-state index contributed by atoms with van der Waals surface area (Å²) in [5.74, 6) is 0.202. The molecular weight excluding hydrogens is 208 g/mol. The van der Waals surface area contributed by atoms with Crippen molar-refractivity contribution in [2.24, 2.45) is 0 Å². The van der Waals surface area contributed by atoms with E-state index in [1.807, 2.05) is 54.6 Å². The van der Waals surface area contributed by atoms with E-state index in [9.17, 15) is 4.79 Å². The zero-order valence-electron chi connectivity index (χ0n) is 10.0. The van der Waals surface area contributed by atoms with E-state index in [4.69, 9.17) is 0 Å². The van der Waals surface area contributed by atoms with Crippen LogP contribution >= 0.6 is 0 Å². The van der Waals surface area contributed by atoms with Crippen LogP contribution in [0.1, 0.15) is 28.4 Å². The molecule has 1 heteroatoms. The molecule has 0 spiro atoms. The van der Waals surface area contributed by atoms with Crippen molar-refractivity contribution in [3.63, 3.8) is 0 Å². The van der Waals surface area contributed by atoms with E-state index in [-0.39, 0.29) is 5.78 Å². The molecule has 0 aliphatic heterocycles. The number of aryl methyl sites for hydroxylation is 1. The lowest BCUT2D eigenvalue weighted by molar-refractivity contribution is 0.0992. The maximum Gasteiger partial charge on any atom is 0.167 e. The molecule has 0 aromatic heterocycles. The molecule has 0 heterocycles. The second-order valence-corrected chi connectivity index (χ2v) is 4.10. The zero-order chi connectivity index (χ0) is 12.1. The van der Waals surface area contributed by atoms with Gasteiger partial charge in [0.05, 0.1) is 0 Å². The van der Waals surface area contributed by atoms with Crippen LogP contribution in [0.4, 0.5) is 0 Å². The maximum absolute atomic E-state index is 12.2. The fourth-order valence-corrected chi connectivity index (χ4v) is 1.98. The molecule has 0 amide bonds. The molecule has 0 aliphatic rings. The highest BCUT2D eigenvalue weighted by molar-refractivity contribution is 5.98. The van der Waals surface area contributed by atoms with Crippen molar-refractivity contribution in [2.75, 3.05) is 0 Å². The van der Waals surface area contributed by atoms with Crippen molar-refractivity contribution >= 4 is 5.78 Å². The molecule has 0 saturated carbocycles. The van der Waals surface area contributed by atoms with Gasteiger partial charge < -0.3 is 0 Å². The first kappa shape index (κ1) is 11.6. The van der Waals surface area contributed by atoms with Gasteiger partial charge >= 0.3 is 0 Å². The first-order valence-corrected chi connectivity index (χ1v) is 5.96. The highest BCUT2D eigenvalue weighted by atomic mass is 16.1. The molecule has 0 fully saturated rings. The average Bonchev–Trinajstić information content (AvgIpc) is 2.40. The van der Waals surface area contributed by atoms with Gasteiger partial charge in [-0.2, -0.15) is 0 Å². The number of carbonyl (C=O) groups excluding carboxylic acids is 1. The molecule has 86 valence electrons. The second kappa shape index (κ2) is 5.44. The van der Waals surface area contributed by atoms with E-state index in [0.29, 0.717) is 6.42 Å². The third-order valence-electron chi connectivity index (χ3n) is 2.91. The molecule has 0 saturated heterocycles. The Bertz CT molecular complexity index is 500. The summed E-state index contributed by atoms with van der Waals surface area (Å²) in [4.78, 5) is 12.2. The lowest BCUT2D eigenvalue weighted by Crippen LogP contribution is -2.06. The van der Waals surface area contributed by atoms with Gasteiger partial charge in [-0.15, -0.1) is 0 Å². The minimum Gasteiger partial charge on any atom is -0.294 e. The number of Topliss-reactive ketones (excluding diaryl/α,β-unsaturated/α-hetero) is 1. The lowest BCUT2D eigenvalue weighted by Gasteiger charge is -2.06. The normalized spacial score (nSPS) is 10.2. The van der Waals surface area contributed by atoms with E-state index in [2.05, 4.69) is 6.92 Å². The summed E-state index contributed by atoms with van der Waals surface area (Å²) >= 11 is 0. The number of ketones is 1. The molecule has 2 aromatic carbocycles. The highest BCUT2D eigenvalue weighted by Crippen LogP contribution is 2.13. The van der Waals surface area contributed by atoms with Crippen molar-refractivity contribution in [3.8, 4) is 0 Å². The Hall–Kier alpha value is -1.89. The third-order valence-corrected chi connectivity index (χ3v) is 2.91. The van der Waals surface area contributed by atoms with Crippen LogP contribution in [0.3, 0.4) is 0 Å². The number of rotatable bonds is 4. The molecule has 1 nitrogen and oxygen atoms in total. The molecule has 2 rings (SSSR count). The summed E-state index contributed by atoms with van der Waals surface area (Å²) in [5, 5.41) is 0. The Morgan fingerprint density at radius 1 is 0.941 bits per heavy atom. The fourth-order valence-electron chi connectivity index (χ4n) is 1.98. The Morgan fingerprint density at radius 3 is 2.29 bits per heavy atom. The zero-order valence-corrected chi connectivity index (χ0v) is 10.0. The Balaban J connectivity index is 2.20. The predicted octanol–water partition coefficient (Wildman–Crippen LogP) is 3.67. The topological polar surface area (TPSA) is 17.1 Å². The highest BCUT2D eigenvalue weighted by Gasteiger charge is 2.09. The minimum atomic E-state index is 0.202. The fraction of sp³-hybridized carbons (Fsp3) is 0.188. The minimum absolute atomic E-state index is 0.202. The van der Waals surface area contributed by atoms with E-state index < -0.39 is 0 Å². The largest absolute Gasteiger partial charge is 0.294 e. The Kier molecular flexibility index (Phi) is 3.71. The molecule has 0 unspecified atom stereocenters. The predicted molar refractivity (Wildman–Crippen MR) is 70.3 cm³/mol. The van der Waals surface area contributed by atoms with E-state index in [1.54, 1.807) is 0 Å². The third kappa shape index (κ3) is 2.82. The molecule has 0 N–H and O–H groups in total. The summed E-state index contributed by atoms with van der Waals surface area (Å²) in [6.45, 7) is 2.08. The van der Waals surface area contributed by atoms with Crippen LogP contribution in [0.15, 0.2) is 54.6 Å². The molecule has 2 aromatic rings. The van der Waals surface area contributed by atoms with E-state index in [1.165, 1.54) is 0 Å². The van der Waals surface area contributed by atoms with Crippen LogP contribution in [0, 0.1) is 0 Å². The van der Waals surface area contributed by atoms with Crippen LogP contribution in [0.2, 0.25) is 0 Å². The van der Waals surface area contributed by atoms with Crippen molar-refractivity contribution in [3.05, 3.63) is 71.3 Å². The van der Waals surface area contributed by atoms with Gasteiger partial charge in [0.15, 0.2) is 5.78 Å². The number of benzene rings is 2. The van der Waals surface area contributed by atoms with Crippen LogP contribution in [0.5, 0.6) is 0 Å². The summed E-state index contributed by atoms with van der Waals surface area (Å²) in [7, 11) is 0. The lowest BCUT2D eigenvalue weighted by atomic mass is 9.97. The number of carbonyl (C=O) groups is 1. The van der Waals surface area contributed by atoms with Crippen LogP contribution in [0.25, 0.3) is 0 Å². The van der Waals surface area contributed by atoms with Crippen molar-refractivity contribution in [1.29, 1.82) is 0 Å². The van der Waals surface area contributed by atoms with Gasteiger partial charge in [0.25, 0.3) is 0 Å². The number of hydrogen-bond acceptors (Lipinski definition) is 1. The second-order valence-electron chi connectivity index (χ2n) is 4.10. The Morgan fingerprint density at radius 2 is 1.59 bits per heavy atom. The van der Waals surface area contributed by atoms with Gasteiger partial charge in [-0.1, -0.05) is 61.5 Å². The van der Waals surface area contributed by atoms with Gasteiger partial charge in [-0.05, 0) is 17.5 Å². The average molecular weight is 224 g/mol. The van der Waals surface area contributed by atoms with Crippen molar-refractivity contribution < 1.29 is 4.79 Å². The quantitative estimate of drug-likeness (QED) is 0.724. The maximum atomic E-state index is 12.2. The number of hydrogen-bond donors (Lipinski definition) is 0. The van der Waals surface area contributed by atoms with E-state index >= 15 is 0 Å². The smallest absolute Gasteiger partial charge is 0.167 e. The SMILES string of the molecule is CCc1ccccc1C(=O)Cc1ccccc1. The van der Waals surface area contributed by atoms with Gasteiger partial charge in [0.1, 0.15) is 0 Å².